The normalized spacial score (nSPS) is 21.0. The van der Waals surface area contributed by atoms with Crippen LogP contribution in [0.15, 0.2) is 35.2 Å². The summed E-state index contributed by atoms with van der Waals surface area (Å²) in [5.74, 6) is 0.940. The van der Waals surface area contributed by atoms with Crippen molar-refractivity contribution in [3.63, 3.8) is 0 Å². The molecule has 1 unspecified atom stereocenters. The summed E-state index contributed by atoms with van der Waals surface area (Å²) in [7, 11) is 0. The molecule has 23 heavy (non-hydrogen) atoms. The van der Waals surface area contributed by atoms with Crippen LogP contribution >= 0.6 is 11.3 Å². The van der Waals surface area contributed by atoms with Crippen molar-refractivity contribution in [2.75, 3.05) is 13.2 Å². The molecule has 0 radical (unpaired) electrons. The molecule has 4 nitrogen and oxygen atoms in total. The number of fused-ring (bicyclic) bond motifs is 1. The Morgan fingerprint density at radius 3 is 3.00 bits per heavy atom. The molecule has 2 aliphatic rings. The number of hydrogen-bond acceptors (Lipinski definition) is 3. The van der Waals surface area contributed by atoms with Crippen LogP contribution in [0.4, 0.5) is 0 Å². The molecule has 0 spiro atoms. The van der Waals surface area contributed by atoms with Gasteiger partial charge in [-0.25, -0.2) is 0 Å². The standard InChI is InChI=1S/C18H22N2O2S/c21-18(8-15-5-7-23-13-15)20-9-16-2-1-6-19(16)10-17(11-20)22-12-14-3-4-14/h1-2,5-7,13-14,17H,3-4,8-12H2. The predicted octanol–water partition coefficient (Wildman–Crippen LogP) is 2.93. The minimum atomic E-state index is 0.0932. The molecule has 3 heterocycles. The second kappa shape index (κ2) is 6.49. The topological polar surface area (TPSA) is 34.5 Å². The van der Waals surface area contributed by atoms with Crippen LogP contribution in [0.2, 0.25) is 0 Å². The van der Waals surface area contributed by atoms with E-state index in [0.717, 1.165) is 24.6 Å². The molecule has 1 fully saturated rings. The molecule has 1 atom stereocenters. The molecule has 122 valence electrons. The van der Waals surface area contributed by atoms with E-state index in [1.807, 2.05) is 16.3 Å². The van der Waals surface area contributed by atoms with Gasteiger partial charge in [0, 0.05) is 25.0 Å². The van der Waals surface area contributed by atoms with Gasteiger partial charge >= 0.3 is 0 Å². The quantitative estimate of drug-likeness (QED) is 0.845. The zero-order valence-corrected chi connectivity index (χ0v) is 14.0. The first-order valence-electron chi connectivity index (χ1n) is 8.32. The number of carbonyl (C=O) groups excluding carboxylic acids is 1. The molecule has 0 aromatic carbocycles. The van der Waals surface area contributed by atoms with Gasteiger partial charge in [-0.05, 0) is 53.3 Å². The van der Waals surface area contributed by atoms with E-state index in [9.17, 15) is 4.79 Å². The predicted molar refractivity (Wildman–Crippen MR) is 90.3 cm³/mol. The molecule has 0 N–H and O–H groups in total. The van der Waals surface area contributed by atoms with Gasteiger partial charge in [-0.15, -0.1) is 0 Å². The number of amides is 1. The maximum atomic E-state index is 12.7. The maximum Gasteiger partial charge on any atom is 0.227 e. The van der Waals surface area contributed by atoms with E-state index in [1.54, 1.807) is 11.3 Å². The fourth-order valence-corrected chi connectivity index (χ4v) is 3.75. The van der Waals surface area contributed by atoms with Crippen molar-refractivity contribution in [3.05, 3.63) is 46.4 Å². The Morgan fingerprint density at radius 1 is 1.30 bits per heavy atom. The molecule has 1 saturated carbocycles. The van der Waals surface area contributed by atoms with E-state index in [2.05, 4.69) is 28.3 Å². The highest BCUT2D eigenvalue weighted by molar-refractivity contribution is 7.07. The van der Waals surface area contributed by atoms with Crippen molar-refractivity contribution in [2.45, 2.75) is 38.5 Å². The monoisotopic (exact) mass is 330 g/mol. The highest BCUT2D eigenvalue weighted by Gasteiger charge is 2.28. The highest BCUT2D eigenvalue weighted by atomic mass is 32.1. The van der Waals surface area contributed by atoms with Crippen LogP contribution in [0.1, 0.15) is 24.1 Å². The number of rotatable bonds is 5. The molecule has 4 rings (SSSR count). The van der Waals surface area contributed by atoms with Crippen molar-refractivity contribution in [2.24, 2.45) is 5.92 Å². The average molecular weight is 330 g/mol. The smallest absolute Gasteiger partial charge is 0.227 e. The molecule has 1 amide bonds. The first-order chi connectivity index (χ1) is 11.3. The summed E-state index contributed by atoms with van der Waals surface area (Å²) in [6.45, 7) is 3.06. The minimum absolute atomic E-state index is 0.0932. The van der Waals surface area contributed by atoms with E-state index in [0.29, 0.717) is 19.5 Å². The highest BCUT2D eigenvalue weighted by Crippen LogP contribution is 2.29. The van der Waals surface area contributed by atoms with Gasteiger partial charge in [0.05, 0.1) is 25.6 Å². The first kappa shape index (κ1) is 15.0. The summed E-state index contributed by atoms with van der Waals surface area (Å²) < 4.78 is 8.35. The van der Waals surface area contributed by atoms with Crippen LogP contribution in [0.25, 0.3) is 0 Å². The van der Waals surface area contributed by atoms with Gasteiger partial charge in [0.1, 0.15) is 0 Å². The third-order valence-electron chi connectivity index (χ3n) is 4.65. The fourth-order valence-electron chi connectivity index (χ4n) is 3.09. The molecule has 0 saturated heterocycles. The minimum Gasteiger partial charge on any atom is -0.374 e. The largest absolute Gasteiger partial charge is 0.374 e. The van der Waals surface area contributed by atoms with E-state index in [4.69, 9.17) is 4.74 Å². The van der Waals surface area contributed by atoms with Crippen LogP contribution in [0.5, 0.6) is 0 Å². The molecule has 1 aliphatic carbocycles. The average Bonchev–Trinajstić information content (AvgIpc) is 3.12. The van der Waals surface area contributed by atoms with Crippen LogP contribution in [-0.4, -0.2) is 34.6 Å². The van der Waals surface area contributed by atoms with Crippen molar-refractivity contribution in [1.29, 1.82) is 0 Å². The summed E-state index contributed by atoms with van der Waals surface area (Å²) in [6.07, 6.45) is 5.26. The molecule has 2 aromatic heterocycles. The summed E-state index contributed by atoms with van der Waals surface area (Å²) in [6, 6.07) is 6.19. The van der Waals surface area contributed by atoms with E-state index in [-0.39, 0.29) is 12.0 Å². The number of carbonyl (C=O) groups is 1. The maximum absolute atomic E-state index is 12.7. The number of ether oxygens (including phenoxy) is 1. The SMILES string of the molecule is O=C(Cc1ccsc1)N1Cc2cccn2CC(OCC2CC2)C1. The zero-order chi connectivity index (χ0) is 15.6. The van der Waals surface area contributed by atoms with Crippen molar-refractivity contribution in [3.8, 4) is 0 Å². The number of hydrogen-bond donors (Lipinski definition) is 0. The Morgan fingerprint density at radius 2 is 2.22 bits per heavy atom. The van der Waals surface area contributed by atoms with E-state index < -0.39 is 0 Å². The van der Waals surface area contributed by atoms with Crippen LogP contribution in [0, 0.1) is 5.92 Å². The van der Waals surface area contributed by atoms with Gasteiger partial charge in [-0.3, -0.25) is 4.79 Å². The van der Waals surface area contributed by atoms with Gasteiger partial charge in [0.15, 0.2) is 0 Å². The molecule has 2 aromatic rings. The zero-order valence-electron chi connectivity index (χ0n) is 13.2. The van der Waals surface area contributed by atoms with Crippen molar-refractivity contribution >= 4 is 17.2 Å². The summed E-state index contributed by atoms with van der Waals surface area (Å²) in [5.41, 5.74) is 2.30. The van der Waals surface area contributed by atoms with E-state index in [1.165, 1.54) is 18.5 Å². The summed E-state index contributed by atoms with van der Waals surface area (Å²) >= 11 is 1.64. The third kappa shape index (κ3) is 3.67. The van der Waals surface area contributed by atoms with Gasteiger partial charge in [0.25, 0.3) is 0 Å². The lowest BCUT2D eigenvalue weighted by Gasteiger charge is -2.24. The van der Waals surface area contributed by atoms with E-state index >= 15 is 0 Å². The summed E-state index contributed by atoms with van der Waals surface area (Å²) in [4.78, 5) is 14.7. The van der Waals surface area contributed by atoms with Gasteiger partial charge in [-0.1, -0.05) is 0 Å². The molecular weight excluding hydrogens is 308 g/mol. The lowest BCUT2D eigenvalue weighted by molar-refractivity contribution is -0.133. The lowest BCUT2D eigenvalue weighted by Crippen LogP contribution is -2.38. The molecule has 0 bridgehead atoms. The van der Waals surface area contributed by atoms with Gasteiger partial charge in [-0.2, -0.15) is 11.3 Å². The Labute approximate surface area is 140 Å². The Balaban J connectivity index is 1.47. The lowest BCUT2D eigenvalue weighted by atomic mass is 10.2. The first-order valence-corrected chi connectivity index (χ1v) is 9.26. The van der Waals surface area contributed by atoms with Crippen LogP contribution < -0.4 is 0 Å². The van der Waals surface area contributed by atoms with Gasteiger partial charge in [0.2, 0.25) is 5.91 Å². The number of aromatic nitrogens is 1. The Bertz CT molecular complexity index is 660. The number of nitrogens with zero attached hydrogens (tertiary/aromatic N) is 2. The second-order valence-corrected chi connectivity index (χ2v) is 7.41. The summed E-state index contributed by atoms with van der Waals surface area (Å²) in [5, 5.41) is 4.08. The van der Waals surface area contributed by atoms with Gasteiger partial charge < -0.3 is 14.2 Å². The second-order valence-electron chi connectivity index (χ2n) is 6.63. The van der Waals surface area contributed by atoms with Crippen LogP contribution in [-0.2, 0) is 29.0 Å². The Hall–Kier alpha value is -1.59. The molecule has 1 aliphatic heterocycles. The number of thiophene rings is 1. The van der Waals surface area contributed by atoms with Crippen LogP contribution in [0.3, 0.4) is 0 Å². The third-order valence-corrected chi connectivity index (χ3v) is 5.39. The fraction of sp³-hybridized carbons (Fsp3) is 0.500. The van der Waals surface area contributed by atoms with Crippen molar-refractivity contribution in [1.82, 2.24) is 9.47 Å². The Kier molecular flexibility index (Phi) is 4.23. The molecular formula is C18H22N2O2S. The van der Waals surface area contributed by atoms with Crippen molar-refractivity contribution < 1.29 is 9.53 Å². The molecule has 5 heteroatoms.